The lowest BCUT2D eigenvalue weighted by Gasteiger charge is -2.22. The highest BCUT2D eigenvalue weighted by atomic mass is 15.0. The van der Waals surface area contributed by atoms with Crippen molar-refractivity contribution in [1.82, 2.24) is 34.9 Å². The first-order valence-electron chi connectivity index (χ1n) is 21.1. The molecule has 0 amide bonds. The summed E-state index contributed by atoms with van der Waals surface area (Å²) in [4.78, 5) is 33.7. The highest BCUT2D eigenvalue weighted by Gasteiger charge is 2.35. The number of nitrogens with zero attached hydrogens (tertiary/aromatic N) is 7. The second-order valence-electron chi connectivity index (χ2n) is 16.3. The molecule has 0 bridgehead atoms. The molecule has 11 rings (SSSR count). The SMILES string of the molecule is Cc1ccc(-c2nc(-c3ccccc3)nc(-c3ccccc3)n2)c2ncccc12.Cc1ccc2c(c1)C(C)(C)c1cc(-c3nc(-c4ccccc4)nc(-c4ccccc4)n3)ccc1-2. The van der Waals surface area contributed by atoms with E-state index in [1.807, 2.05) is 140 Å². The minimum Gasteiger partial charge on any atom is -0.255 e. The maximum absolute atomic E-state index is 4.91. The molecular formula is C56H43N7. The maximum atomic E-state index is 4.91. The quantitative estimate of drug-likeness (QED) is 0.165. The second-order valence-corrected chi connectivity index (χ2v) is 16.3. The van der Waals surface area contributed by atoms with Crippen molar-refractivity contribution in [3.8, 4) is 79.5 Å². The summed E-state index contributed by atoms with van der Waals surface area (Å²) in [5.74, 6) is 3.99. The minimum absolute atomic E-state index is 0.0791. The Balaban J connectivity index is 0.000000152. The highest BCUT2D eigenvalue weighted by molar-refractivity contribution is 5.94. The molecule has 3 aromatic heterocycles. The number of benzene rings is 7. The fourth-order valence-corrected chi connectivity index (χ4v) is 8.35. The van der Waals surface area contributed by atoms with Crippen LogP contribution in [0.4, 0.5) is 0 Å². The molecule has 1 aliphatic rings. The van der Waals surface area contributed by atoms with Crippen LogP contribution in [0.15, 0.2) is 188 Å². The van der Waals surface area contributed by atoms with Crippen molar-refractivity contribution in [3.05, 3.63) is 210 Å². The number of aromatic nitrogens is 7. The van der Waals surface area contributed by atoms with Crippen LogP contribution < -0.4 is 0 Å². The number of pyridine rings is 1. The molecule has 0 spiro atoms. The predicted octanol–water partition coefficient (Wildman–Crippen LogP) is 13.2. The third-order valence-corrected chi connectivity index (χ3v) is 11.7. The zero-order valence-corrected chi connectivity index (χ0v) is 35.5. The summed E-state index contributed by atoms with van der Waals surface area (Å²) < 4.78 is 0. The van der Waals surface area contributed by atoms with E-state index < -0.39 is 0 Å². The minimum atomic E-state index is -0.0791. The van der Waals surface area contributed by atoms with Crippen molar-refractivity contribution < 1.29 is 0 Å². The van der Waals surface area contributed by atoms with Crippen molar-refractivity contribution in [2.24, 2.45) is 0 Å². The van der Waals surface area contributed by atoms with E-state index >= 15 is 0 Å². The van der Waals surface area contributed by atoms with Gasteiger partial charge < -0.3 is 0 Å². The van der Waals surface area contributed by atoms with Gasteiger partial charge in [0, 0.05) is 50.4 Å². The van der Waals surface area contributed by atoms with E-state index in [-0.39, 0.29) is 5.41 Å². The number of aryl methyl sites for hydroxylation is 2. The van der Waals surface area contributed by atoms with Gasteiger partial charge >= 0.3 is 0 Å². The number of rotatable bonds is 6. The lowest BCUT2D eigenvalue weighted by atomic mass is 9.81. The molecule has 0 unspecified atom stereocenters. The van der Waals surface area contributed by atoms with Crippen LogP contribution in [-0.4, -0.2) is 34.9 Å². The zero-order chi connectivity index (χ0) is 42.9. The zero-order valence-electron chi connectivity index (χ0n) is 35.5. The molecule has 0 saturated heterocycles. The Labute approximate surface area is 367 Å². The molecule has 302 valence electrons. The summed E-state index contributed by atoms with van der Waals surface area (Å²) in [6.45, 7) is 8.86. The van der Waals surface area contributed by atoms with Gasteiger partial charge in [0.15, 0.2) is 34.9 Å². The molecule has 63 heavy (non-hydrogen) atoms. The lowest BCUT2D eigenvalue weighted by molar-refractivity contribution is 0.660. The fourth-order valence-electron chi connectivity index (χ4n) is 8.35. The van der Waals surface area contributed by atoms with Crippen LogP contribution in [0.1, 0.15) is 36.1 Å². The van der Waals surface area contributed by atoms with E-state index in [1.165, 1.54) is 33.4 Å². The summed E-state index contributed by atoms with van der Waals surface area (Å²) in [7, 11) is 0. The number of hydrogen-bond donors (Lipinski definition) is 0. The van der Waals surface area contributed by atoms with Gasteiger partial charge in [0.25, 0.3) is 0 Å². The summed E-state index contributed by atoms with van der Waals surface area (Å²) in [6, 6.07) is 61.8. The maximum Gasteiger partial charge on any atom is 0.166 e. The molecule has 7 heteroatoms. The monoisotopic (exact) mass is 813 g/mol. The summed E-state index contributed by atoms with van der Waals surface area (Å²) in [5, 5.41) is 1.10. The fraction of sp³-hybridized carbons (Fsp3) is 0.0893. The van der Waals surface area contributed by atoms with Gasteiger partial charge in [-0.15, -0.1) is 0 Å². The number of hydrogen-bond acceptors (Lipinski definition) is 7. The second kappa shape index (κ2) is 16.4. The van der Waals surface area contributed by atoms with Gasteiger partial charge in [0.1, 0.15) is 0 Å². The van der Waals surface area contributed by atoms with Crippen molar-refractivity contribution >= 4 is 10.9 Å². The van der Waals surface area contributed by atoms with Crippen LogP contribution in [0.25, 0.3) is 90.4 Å². The molecule has 3 heterocycles. The Hall–Kier alpha value is -8.03. The van der Waals surface area contributed by atoms with Gasteiger partial charge in [-0.1, -0.05) is 183 Å². The van der Waals surface area contributed by atoms with Crippen LogP contribution in [0.3, 0.4) is 0 Å². The van der Waals surface area contributed by atoms with E-state index in [1.54, 1.807) is 0 Å². The highest BCUT2D eigenvalue weighted by Crippen LogP contribution is 2.49. The Morgan fingerprint density at radius 1 is 0.349 bits per heavy atom. The first-order valence-corrected chi connectivity index (χ1v) is 21.1. The van der Waals surface area contributed by atoms with Crippen LogP contribution in [0, 0.1) is 13.8 Å². The summed E-state index contributed by atoms with van der Waals surface area (Å²) in [6.07, 6.45) is 1.81. The van der Waals surface area contributed by atoms with Crippen LogP contribution in [0.5, 0.6) is 0 Å². The first kappa shape index (κ1) is 39.1. The van der Waals surface area contributed by atoms with Crippen LogP contribution in [-0.2, 0) is 5.41 Å². The van der Waals surface area contributed by atoms with Gasteiger partial charge in [-0.25, -0.2) is 29.9 Å². The van der Waals surface area contributed by atoms with Crippen molar-refractivity contribution in [1.29, 1.82) is 0 Å². The molecule has 1 aliphatic carbocycles. The Morgan fingerprint density at radius 2 is 0.762 bits per heavy atom. The van der Waals surface area contributed by atoms with Crippen molar-refractivity contribution in [2.75, 3.05) is 0 Å². The van der Waals surface area contributed by atoms with Gasteiger partial charge in [-0.2, -0.15) is 0 Å². The van der Waals surface area contributed by atoms with E-state index in [4.69, 9.17) is 29.9 Å². The van der Waals surface area contributed by atoms with E-state index in [0.717, 1.165) is 44.3 Å². The largest absolute Gasteiger partial charge is 0.255 e. The molecular weight excluding hydrogens is 771 g/mol. The molecule has 0 N–H and O–H groups in total. The molecule has 0 radical (unpaired) electrons. The van der Waals surface area contributed by atoms with Crippen LogP contribution in [0.2, 0.25) is 0 Å². The Kier molecular flexibility index (Phi) is 10.2. The standard InChI is InChI=1S/C31H25N3.C25H18N4/c1-20-14-16-24-25-17-15-23(19-27(25)31(2,3)26(24)18-20)30-33-28(21-10-6-4-7-11-21)32-29(34-30)22-12-8-5-9-13-22;1-17-14-15-21(22-20(17)13-8-16-26-22)25-28-23(18-9-4-2-5-10-18)27-24(29-25)19-11-6-3-7-12-19/h4-19H,1-3H3;2-16H,1H3. The Bertz CT molecular complexity index is 3150. The average Bonchev–Trinajstić information content (AvgIpc) is 3.57. The summed E-state index contributed by atoms with van der Waals surface area (Å²) in [5.41, 5.74) is 14.4. The van der Waals surface area contributed by atoms with E-state index in [2.05, 4.69) is 81.2 Å². The smallest absolute Gasteiger partial charge is 0.166 e. The van der Waals surface area contributed by atoms with Gasteiger partial charge in [0.05, 0.1) is 5.52 Å². The normalized spacial score (nSPS) is 12.3. The molecule has 7 aromatic carbocycles. The lowest BCUT2D eigenvalue weighted by Crippen LogP contribution is -2.15. The van der Waals surface area contributed by atoms with E-state index in [0.29, 0.717) is 34.9 Å². The van der Waals surface area contributed by atoms with Crippen LogP contribution >= 0.6 is 0 Å². The number of fused-ring (bicyclic) bond motifs is 4. The van der Waals surface area contributed by atoms with Gasteiger partial charge in [0.2, 0.25) is 0 Å². The van der Waals surface area contributed by atoms with Crippen molar-refractivity contribution in [3.63, 3.8) is 0 Å². The predicted molar refractivity (Wildman–Crippen MR) is 255 cm³/mol. The first-order chi connectivity index (χ1) is 30.8. The molecule has 0 aliphatic heterocycles. The topological polar surface area (TPSA) is 90.2 Å². The Morgan fingerprint density at radius 3 is 1.25 bits per heavy atom. The van der Waals surface area contributed by atoms with E-state index in [9.17, 15) is 0 Å². The average molecular weight is 814 g/mol. The van der Waals surface area contributed by atoms with Gasteiger partial charge in [-0.05, 0) is 59.9 Å². The molecule has 0 saturated carbocycles. The third-order valence-electron chi connectivity index (χ3n) is 11.7. The van der Waals surface area contributed by atoms with Crippen molar-refractivity contribution in [2.45, 2.75) is 33.1 Å². The third kappa shape index (κ3) is 7.66. The molecule has 0 atom stereocenters. The molecule has 0 fully saturated rings. The van der Waals surface area contributed by atoms with Gasteiger partial charge in [-0.3, -0.25) is 4.98 Å². The molecule has 10 aromatic rings. The molecule has 7 nitrogen and oxygen atoms in total. The summed E-state index contributed by atoms with van der Waals surface area (Å²) >= 11 is 0.